The smallest absolute Gasteiger partial charge is 0.255 e. The first-order chi connectivity index (χ1) is 8.09. The number of nitrogens with zero attached hydrogens (tertiary/aromatic N) is 1. The average Bonchev–Trinajstić information content (AvgIpc) is 2.33. The Kier molecular flexibility index (Phi) is 3.24. The van der Waals surface area contributed by atoms with Crippen molar-refractivity contribution in [1.29, 1.82) is 0 Å². The van der Waals surface area contributed by atoms with Crippen LogP contribution in [0.5, 0.6) is 0 Å². The van der Waals surface area contributed by atoms with Crippen LogP contribution in [0, 0.1) is 0 Å². The number of aliphatic hydroxyl groups is 1. The summed E-state index contributed by atoms with van der Waals surface area (Å²) in [5.41, 5.74) is 1.26. The zero-order chi connectivity index (χ0) is 12.4. The number of anilines is 1. The van der Waals surface area contributed by atoms with Crippen molar-refractivity contribution in [3.63, 3.8) is 0 Å². The molecule has 0 saturated carbocycles. The van der Waals surface area contributed by atoms with Crippen LogP contribution in [-0.4, -0.2) is 29.4 Å². The van der Waals surface area contributed by atoms with Crippen molar-refractivity contribution < 1.29 is 14.7 Å². The van der Waals surface area contributed by atoms with Gasteiger partial charge in [0.25, 0.3) is 5.91 Å². The number of rotatable bonds is 2. The molecule has 4 nitrogen and oxygen atoms in total. The van der Waals surface area contributed by atoms with Gasteiger partial charge in [0, 0.05) is 17.8 Å². The number of aliphatic hydroxyl groups excluding tert-OH is 1. The molecule has 1 aromatic rings. The van der Waals surface area contributed by atoms with E-state index in [1.807, 2.05) is 0 Å². The topological polar surface area (TPSA) is 57.6 Å². The zero-order valence-corrected chi connectivity index (χ0v) is 9.72. The van der Waals surface area contributed by atoms with Crippen LogP contribution in [0.2, 0.25) is 0 Å². The van der Waals surface area contributed by atoms with Gasteiger partial charge in [-0.3, -0.25) is 9.59 Å². The van der Waals surface area contributed by atoms with Crippen molar-refractivity contribution in [2.75, 3.05) is 11.4 Å². The second-order valence-corrected chi connectivity index (χ2v) is 4.25. The van der Waals surface area contributed by atoms with Gasteiger partial charge in [-0.05, 0) is 31.9 Å². The number of amides is 1. The fraction of sp³-hybridized carbons (Fsp3) is 0.385. The van der Waals surface area contributed by atoms with Crippen LogP contribution in [0.25, 0.3) is 0 Å². The van der Waals surface area contributed by atoms with Gasteiger partial charge in [-0.15, -0.1) is 0 Å². The van der Waals surface area contributed by atoms with Gasteiger partial charge in [-0.25, -0.2) is 0 Å². The Morgan fingerprint density at radius 3 is 2.94 bits per heavy atom. The summed E-state index contributed by atoms with van der Waals surface area (Å²) in [5.74, 6) is -0.311. The Morgan fingerprint density at radius 1 is 1.47 bits per heavy atom. The molecule has 1 saturated heterocycles. The van der Waals surface area contributed by atoms with Crippen LogP contribution in [0.15, 0.2) is 24.3 Å². The lowest BCUT2D eigenvalue weighted by Crippen LogP contribution is -2.44. The van der Waals surface area contributed by atoms with Crippen molar-refractivity contribution >= 4 is 17.4 Å². The van der Waals surface area contributed by atoms with E-state index in [9.17, 15) is 14.7 Å². The quantitative estimate of drug-likeness (QED) is 0.785. The molecule has 1 aromatic carbocycles. The van der Waals surface area contributed by atoms with E-state index in [4.69, 9.17) is 0 Å². The van der Waals surface area contributed by atoms with Gasteiger partial charge in [0.2, 0.25) is 0 Å². The maximum absolute atomic E-state index is 11.8. The Labute approximate surface area is 99.9 Å². The number of ketones is 1. The maximum atomic E-state index is 11.8. The molecule has 1 aliphatic rings. The lowest BCUT2D eigenvalue weighted by Gasteiger charge is -2.30. The summed E-state index contributed by atoms with van der Waals surface area (Å²) in [6.07, 6.45) is 0.378. The van der Waals surface area contributed by atoms with E-state index in [0.29, 0.717) is 24.2 Å². The number of Topliss-reactive ketones (excluding diaryl/α,β-unsaturated/α-hetero) is 1. The summed E-state index contributed by atoms with van der Waals surface area (Å²) in [4.78, 5) is 24.6. The summed E-state index contributed by atoms with van der Waals surface area (Å²) in [5, 5.41) is 9.53. The molecule has 1 aliphatic heterocycles. The highest BCUT2D eigenvalue weighted by molar-refractivity contribution is 5.99. The van der Waals surface area contributed by atoms with Gasteiger partial charge in [0.1, 0.15) is 6.10 Å². The first-order valence-electron chi connectivity index (χ1n) is 5.70. The standard InChI is InChI=1S/C13H15NO3/c1-9(15)10-4-2-5-11(8-10)14-7-3-6-12(16)13(14)17/h2,4-5,8,12,16H,3,6-7H2,1H3. The fourth-order valence-corrected chi connectivity index (χ4v) is 2.01. The van der Waals surface area contributed by atoms with Crippen molar-refractivity contribution in [3.8, 4) is 0 Å². The van der Waals surface area contributed by atoms with Crippen molar-refractivity contribution in [2.45, 2.75) is 25.9 Å². The molecular formula is C13H15NO3. The third-order valence-electron chi connectivity index (χ3n) is 2.97. The minimum absolute atomic E-state index is 0.0307. The van der Waals surface area contributed by atoms with E-state index in [0.717, 1.165) is 6.42 Å². The molecule has 0 spiro atoms. The molecule has 0 bridgehead atoms. The Balaban J connectivity index is 2.30. The van der Waals surface area contributed by atoms with Gasteiger partial charge in [-0.2, -0.15) is 0 Å². The van der Waals surface area contributed by atoms with Crippen LogP contribution in [0.4, 0.5) is 5.69 Å². The lowest BCUT2D eigenvalue weighted by atomic mass is 10.1. The summed E-state index contributed by atoms with van der Waals surface area (Å²) < 4.78 is 0. The molecule has 1 fully saturated rings. The molecule has 0 aliphatic carbocycles. The third kappa shape index (κ3) is 2.36. The molecule has 1 heterocycles. The second kappa shape index (κ2) is 4.67. The minimum Gasteiger partial charge on any atom is -0.383 e. The number of hydrogen-bond acceptors (Lipinski definition) is 3. The molecule has 1 amide bonds. The molecule has 90 valence electrons. The van der Waals surface area contributed by atoms with Crippen LogP contribution in [0.3, 0.4) is 0 Å². The molecule has 0 aromatic heterocycles. The number of carbonyl (C=O) groups excluding carboxylic acids is 2. The minimum atomic E-state index is -0.912. The summed E-state index contributed by atoms with van der Waals surface area (Å²) in [6.45, 7) is 2.09. The molecule has 1 unspecified atom stereocenters. The van der Waals surface area contributed by atoms with E-state index in [1.165, 1.54) is 6.92 Å². The highest BCUT2D eigenvalue weighted by atomic mass is 16.3. The van der Waals surface area contributed by atoms with Gasteiger partial charge in [-0.1, -0.05) is 12.1 Å². The van der Waals surface area contributed by atoms with Crippen LogP contribution < -0.4 is 4.90 Å². The van der Waals surface area contributed by atoms with E-state index in [2.05, 4.69) is 0 Å². The second-order valence-electron chi connectivity index (χ2n) is 4.25. The van der Waals surface area contributed by atoms with Gasteiger partial charge in [0.15, 0.2) is 5.78 Å². The Bertz CT molecular complexity index is 456. The largest absolute Gasteiger partial charge is 0.383 e. The first-order valence-corrected chi connectivity index (χ1v) is 5.70. The van der Waals surface area contributed by atoms with E-state index >= 15 is 0 Å². The van der Waals surface area contributed by atoms with Gasteiger partial charge in [0.05, 0.1) is 0 Å². The van der Waals surface area contributed by atoms with Crippen molar-refractivity contribution in [1.82, 2.24) is 0 Å². The monoisotopic (exact) mass is 233 g/mol. The number of carbonyl (C=O) groups is 2. The molecule has 1 N–H and O–H groups in total. The first kappa shape index (κ1) is 11.8. The maximum Gasteiger partial charge on any atom is 0.255 e. The van der Waals surface area contributed by atoms with Crippen LogP contribution in [0.1, 0.15) is 30.1 Å². The predicted octanol–water partition coefficient (Wildman–Crippen LogP) is 1.38. The number of benzene rings is 1. The highest BCUT2D eigenvalue weighted by Crippen LogP contribution is 2.22. The Morgan fingerprint density at radius 2 is 2.24 bits per heavy atom. The van der Waals surface area contributed by atoms with E-state index in [1.54, 1.807) is 29.2 Å². The molecule has 17 heavy (non-hydrogen) atoms. The number of hydrogen-bond donors (Lipinski definition) is 1. The SMILES string of the molecule is CC(=O)c1cccc(N2CCCC(O)C2=O)c1. The summed E-state index contributed by atoms with van der Waals surface area (Å²) in [7, 11) is 0. The average molecular weight is 233 g/mol. The summed E-state index contributed by atoms with van der Waals surface area (Å²) >= 11 is 0. The highest BCUT2D eigenvalue weighted by Gasteiger charge is 2.27. The predicted molar refractivity (Wildman–Crippen MR) is 64.0 cm³/mol. The van der Waals surface area contributed by atoms with Gasteiger partial charge < -0.3 is 10.0 Å². The number of piperidine rings is 1. The fourth-order valence-electron chi connectivity index (χ4n) is 2.01. The lowest BCUT2D eigenvalue weighted by molar-refractivity contribution is -0.128. The van der Waals surface area contributed by atoms with Gasteiger partial charge >= 0.3 is 0 Å². The molecule has 0 radical (unpaired) electrons. The zero-order valence-electron chi connectivity index (χ0n) is 9.72. The molecular weight excluding hydrogens is 218 g/mol. The molecule has 1 atom stereocenters. The molecule has 2 rings (SSSR count). The summed E-state index contributed by atoms with van der Waals surface area (Å²) in [6, 6.07) is 6.94. The van der Waals surface area contributed by atoms with Crippen molar-refractivity contribution in [3.05, 3.63) is 29.8 Å². The van der Waals surface area contributed by atoms with Crippen molar-refractivity contribution in [2.24, 2.45) is 0 Å². The van der Waals surface area contributed by atoms with E-state index in [-0.39, 0.29) is 11.7 Å². The van der Waals surface area contributed by atoms with E-state index < -0.39 is 6.10 Å². The van der Waals surface area contributed by atoms with Crippen LogP contribution in [-0.2, 0) is 4.79 Å². The third-order valence-corrected chi connectivity index (χ3v) is 2.97. The van der Waals surface area contributed by atoms with Crippen LogP contribution >= 0.6 is 0 Å². The molecule has 4 heteroatoms. The Hall–Kier alpha value is -1.68. The normalized spacial score (nSPS) is 20.5.